The zero-order valence-corrected chi connectivity index (χ0v) is 14.1. The first-order chi connectivity index (χ1) is 11.4. The number of carbonyl (C=O) groups excluding carboxylic acids is 2. The highest BCUT2D eigenvalue weighted by Gasteiger charge is 2.45. The van der Waals surface area contributed by atoms with Gasteiger partial charge in [-0.25, -0.2) is 0 Å². The van der Waals surface area contributed by atoms with Crippen molar-refractivity contribution in [2.45, 2.75) is 18.9 Å². The van der Waals surface area contributed by atoms with Gasteiger partial charge in [0.2, 0.25) is 11.8 Å². The van der Waals surface area contributed by atoms with Crippen molar-refractivity contribution < 1.29 is 19.5 Å². The number of hydrogen-bond acceptors (Lipinski definition) is 3. The standard InChI is InChI=1S/C17H19ClN2O4/c1-19-14(21)8-13(15(19)10-3-2-4-12(18)7-10)16(22)20-6-5-11(9-20)17(23)24/h2-4,7,11,13,15H,5-6,8-9H2,1H3,(H,23,24). The molecule has 7 heteroatoms. The van der Waals surface area contributed by atoms with Crippen LogP contribution < -0.4 is 0 Å². The van der Waals surface area contributed by atoms with E-state index < -0.39 is 17.8 Å². The van der Waals surface area contributed by atoms with E-state index in [1.807, 2.05) is 6.07 Å². The molecular formula is C17H19ClN2O4. The van der Waals surface area contributed by atoms with Gasteiger partial charge in [-0.2, -0.15) is 0 Å². The fraction of sp³-hybridized carbons (Fsp3) is 0.471. The summed E-state index contributed by atoms with van der Waals surface area (Å²) in [4.78, 5) is 39.3. The molecule has 0 saturated carbocycles. The number of nitrogens with zero attached hydrogens (tertiary/aromatic N) is 2. The topological polar surface area (TPSA) is 77.9 Å². The van der Waals surface area contributed by atoms with Crippen molar-refractivity contribution in [1.82, 2.24) is 9.80 Å². The number of rotatable bonds is 3. The molecule has 128 valence electrons. The van der Waals surface area contributed by atoms with Crippen LogP contribution in [0.5, 0.6) is 0 Å². The predicted octanol–water partition coefficient (Wildman–Crippen LogP) is 1.79. The lowest BCUT2D eigenvalue weighted by atomic mass is 9.92. The lowest BCUT2D eigenvalue weighted by molar-refractivity contribution is -0.142. The lowest BCUT2D eigenvalue weighted by Gasteiger charge is -2.28. The van der Waals surface area contributed by atoms with Crippen LogP contribution in [0, 0.1) is 11.8 Å². The highest BCUT2D eigenvalue weighted by Crippen LogP contribution is 2.39. The summed E-state index contributed by atoms with van der Waals surface area (Å²) in [5.41, 5.74) is 0.822. The number of likely N-dealkylation sites (tertiary alicyclic amines) is 2. The van der Waals surface area contributed by atoms with Crippen molar-refractivity contribution in [1.29, 1.82) is 0 Å². The van der Waals surface area contributed by atoms with E-state index in [2.05, 4.69) is 0 Å². The van der Waals surface area contributed by atoms with Crippen molar-refractivity contribution in [3.05, 3.63) is 34.9 Å². The molecule has 0 spiro atoms. The van der Waals surface area contributed by atoms with E-state index in [-0.39, 0.29) is 30.8 Å². The van der Waals surface area contributed by atoms with Gasteiger partial charge >= 0.3 is 5.97 Å². The maximum absolute atomic E-state index is 12.9. The van der Waals surface area contributed by atoms with Gasteiger partial charge in [0.1, 0.15) is 0 Å². The smallest absolute Gasteiger partial charge is 0.308 e. The first kappa shape index (κ1) is 16.8. The zero-order valence-electron chi connectivity index (χ0n) is 13.3. The number of amides is 2. The van der Waals surface area contributed by atoms with Crippen molar-refractivity contribution in [2.75, 3.05) is 20.1 Å². The van der Waals surface area contributed by atoms with Crippen LogP contribution in [0.4, 0.5) is 0 Å². The molecule has 2 aliphatic heterocycles. The summed E-state index contributed by atoms with van der Waals surface area (Å²) in [6, 6.07) is 6.80. The molecule has 2 saturated heterocycles. The van der Waals surface area contributed by atoms with Crippen LogP contribution in [0.3, 0.4) is 0 Å². The van der Waals surface area contributed by atoms with Gasteiger partial charge in [-0.05, 0) is 24.1 Å². The monoisotopic (exact) mass is 350 g/mol. The second-order valence-corrected chi connectivity index (χ2v) is 6.86. The summed E-state index contributed by atoms with van der Waals surface area (Å²) in [6.07, 6.45) is 0.597. The summed E-state index contributed by atoms with van der Waals surface area (Å²) < 4.78 is 0. The Morgan fingerprint density at radius 3 is 2.71 bits per heavy atom. The van der Waals surface area contributed by atoms with Crippen LogP contribution in [0.2, 0.25) is 5.02 Å². The Kier molecular flexibility index (Phi) is 4.49. The van der Waals surface area contributed by atoms with Crippen molar-refractivity contribution in [2.24, 2.45) is 11.8 Å². The summed E-state index contributed by atoms with van der Waals surface area (Å²) >= 11 is 6.05. The van der Waals surface area contributed by atoms with Gasteiger partial charge in [-0.15, -0.1) is 0 Å². The average Bonchev–Trinajstić information content (AvgIpc) is 3.13. The van der Waals surface area contributed by atoms with E-state index in [0.717, 1.165) is 5.56 Å². The molecule has 3 unspecified atom stereocenters. The summed E-state index contributed by atoms with van der Waals surface area (Å²) in [5.74, 6) is -2.15. The third-order valence-corrected chi connectivity index (χ3v) is 5.18. The number of halogens is 1. The van der Waals surface area contributed by atoms with Crippen LogP contribution in [0.25, 0.3) is 0 Å². The van der Waals surface area contributed by atoms with Crippen LogP contribution in [0.15, 0.2) is 24.3 Å². The van der Waals surface area contributed by atoms with Crippen LogP contribution in [-0.2, 0) is 14.4 Å². The number of carboxylic acids is 1. The maximum atomic E-state index is 12.9. The van der Waals surface area contributed by atoms with Crippen LogP contribution in [-0.4, -0.2) is 52.8 Å². The fourth-order valence-corrected chi connectivity index (χ4v) is 3.83. The molecule has 24 heavy (non-hydrogen) atoms. The Bertz CT molecular complexity index is 693. The first-order valence-electron chi connectivity index (χ1n) is 7.91. The molecule has 1 aromatic rings. The zero-order chi connectivity index (χ0) is 17.4. The number of benzene rings is 1. The molecule has 3 rings (SSSR count). The van der Waals surface area contributed by atoms with E-state index in [0.29, 0.717) is 18.0 Å². The average molecular weight is 351 g/mol. The van der Waals surface area contributed by atoms with Crippen molar-refractivity contribution in [3.8, 4) is 0 Å². The Morgan fingerprint density at radius 1 is 1.33 bits per heavy atom. The first-order valence-corrected chi connectivity index (χ1v) is 8.29. The second kappa shape index (κ2) is 6.43. The van der Waals surface area contributed by atoms with Gasteiger partial charge in [0.05, 0.1) is 17.9 Å². The molecule has 2 aliphatic rings. The molecular weight excluding hydrogens is 332 g/mol. The van der Waals surface area contributed by atoms with Gasteiger partial charge in [0.15, 0.2) is 0 Å². The minimum absolute atomic E-state index is 0.0905. The fourth-order valence-electron chi connectivity index (χ4n) is 3.63. The largest absolute Gasteiger partial charge is 0.481 e. The number of carboxylic acid groups (broad SMARTS) is 1. The minimum atomic E-state index is -0.878. The third-order valence-electron chi connectivity index (χ3n) is 4.94. The lowest BCUT2D eigenvalue weighted by Crippen LogP contribution is -2.37. The number of aliphatic carboxylic acids is 1. The quantitative estimate of drug-likeness (QED) is 0.901. The minimum Gasteiger partial charge on any atom is -0.481 e. The molecule has 1 aromatic carbocycles. The molecule has 2 fully saturated rings. The summed E-state index contributed by atoms with van der Waals surface area (Å²) in [5, 5.41) is 9.66. The Morgan fingerprint density at radius 2 is 2.08 bits per heavy atom. The van der Waals surface area contributed by atoms with E-state index in [9.17, 15) is 14.4 Å². The van der Waals surface area contributed by atoms with Crippen LogP contribution in [0.1, 0.15) is 24.4 Å². The molecule has 6 nitrogen and oxygen atoms in total. The molecule has 0 radical (unpaired) electrons. The van der Waals surface area contributed by atoms with Crippen molar-refractivity contribution >= 4 is 29.4 Å². The van der Waals surface area contributed by atoms with Gasteiger partial charge < -0.3 is 14.9 Å². The van der Waals surface area contributed by atoms with E-state index in [1.54, 1.807) is 35.0 Å². The van der Waals surface area contributed by atoms with Gasteiger partial charge in [0, 0.05) is 31.6 Å². The molecule has 1 N–H and O–H groups in total. The highest BCUT2D eigenvalue weighted by molar-refractivity contribution is 6.30. The normalized spacial score (nSPS) is 26.9. The summed E-state index contributed by atoms with van der Waals surface area (Å²) in [7, 11) is 1.69. The molecule has 0 bridgehead atoms. The van der Waals surface area contributed by atoms with Gasteiger partial charge in [-0.3, -0.25) is 14.4 Å². The SMILES string of the molecule is CN1C(=O)CC(C(=O)N2CCC(C(=O)O)C2)C1c1cccc(Cl)c1. The Hall–Kier alpha value is -2.08. The predicted molar refractivity (Wildman–Crippen MR) is 87.4 cm³/mol. The highest BCUT2D eigenvalue weighted by atomic mass is 35.5. The van der Waals surface area contributed by atoms with E-state index >= 15 is 0 Å². The number of hydrogen-bond donors (Lipinski definition) is 1. The van der Waals surface area contributed by atoms with Crippen LogP contribution >= 0.6 is 11.6 Å². The molecule has 0 aromatic heterocycles. The second-order valence-electron chi connectivity index (χ2n) is 6.42. The van der Waals surface area contributed by atoms with E-state index in [4.69, 9.17) is 16.7 Å². The Balaban J connectivity index is 1.84. The molecule has 2 heterocycles. The van der Waals surface area contributed by atoms with Gasteiger partial charge in [-0.1, -0.05) is 23.7 Å². The maximum Gasteiger partial charge on any atom is 0.308 e. The Labute approximate surface area is 145 Å². The molecule has 0 aliphatic carbocycles. The molecule has 2 amide bonds. The molecule has 3 atom stereocenters. The van der Waals surface area contributed by atoms with Crippen molar-refractivity contribution in [3.63, 3.8) is 0 Å². The summed E-state index contributed by atoms with van der Waals surface area (Å²) in [6.45, 7) is 0.636. The third kappa shape index (κ3) is 2.98. The van der Waals surface area contributed by atoms with Gasteiger partial charge in [0.25, 0.3) is 0 Å². The van der Waals surface area contributed by atoms with E-state index in [1.165, 1.54) is 0 Å². The number of carbonyl (C=O) groups is 3.